The predicted octanol–water partition coefficient (Wildman–Crippen LogP) is 2.81. The number of rotatable bonds is 4. The number of morpholine rings is 1. The molecule has 0 bridgehead atoms. The highest BCUT2D eigenvalue weighted by Crippen LogP contribution is 2.23. The topological polar surface area (TPSA) is 54.5 Å². The Kier molecular flexibility index (Phi) is 5.42. The van der Waals surface area contributed by atoms with Gasteiger partial charge in [-0.25, -0.2) is 4.98 Å². The van der Waals surface area contributed by atoms with Crippen LogP contribution in [0.4, 0.5) is 5.82 Å². The van der Waals surface area contributed by atoms with E-state index in [2.05, 4.69) is 17.2 Å². The number of anilines is 1. The normalized spacial score (nSPS) is 22.2. The van der Waals surface area contributed by atoms with Gasteiger partial charge in [0.1, 0.15) is 5.82 Å². The zero-order valence-corrected chi connectivity index (χ0v) is 13.5. The Morgan fingerprint density at radius 2 is 2.33 bits per heavy atom. The molecule has 116 valence electrons. The van der Waals surface area contributed by atoms with Gasteiger partial charge in [0.05, 0.1) is 29.3 Å². The van der Waals surface area contributed by atoms with Crippen LogP contribution in [0, 0.1) is 0 Å². The van der Waals surface area contributed by atoms with Crippen LogP contribution >= 0.6 is 11.6 Å². The summed E-state index contributed by atoms with van der Waals surface area (Å²) < 4.78 is 5.64. The van der Waals surface area contributed by atoms with E-state index in [0.717, 1.165) is 13.0 Å². The Labute approximate surface area is 130 Å². The highest BCUT2D eigenvalue weighted by molar-refractivity contribution is 6.33. The van der Waals surface area contributed by atoms with Crippen molar-refractivity contribution in [1.82, 2.24) is 9.88 Å². The second kappa shape index (κ2) is 7.09. The SMILES string of the molecule is CCNc1cc(C(=O)N2CC(C)OCC2CC)c(Cl)cn1. The van der Waals surface area contributed by atoms with Crippen molar-refractivity contribution in [2.75, 3.05) is 25.0 Å². The Hall–Kier alpha value is -1.33. The van der Waals surface area contributed by atoms with Crippen LogP contribution in [0.1, 0.15) is 37.6 Å². The van der Waals surface area contributed by atoms with E-state index in [1.165, 1.54) is 6.20 Å². The number of pyridine rings is 1. The van der Waals surface area contributed by atoms with Gasteiger partial charge in [-0.15, -0.1) is 0 Å². The van der Waals surface area contributed by atoms with Gasteiger partial charge in [-0.1, -0.05) is 18.5 Å². The van der Waals surface area contributed by atoms with Crippen LogP contribution < -0.4 is 5.32 Å². The molecule has 1 aliphatic heterocycles. The predicted molar refractivity (Wildman–Crippen MR) is 83.9 cm³/mol. The van der Waals surface area contributed by atoms with Gasteiger partial charge in [-0.3, -0.25) is 4.79 Å². The first-order valence-corrected chi connectivity index (χ1v) is 7.76. The zero-order valence-electron chi connectivity index (χ0n) is 12.7. The minimum atomic E-state index is -0.0523. The number of halogens is 1. The van der Waals surface area contributed by atoms with Crippen LogP contribution in [-0.2, 0) is 4.74 Å². The van der Waals surface area contributed by atoms with E-state index in [1.54, 1.807) is 6.07 Å². The average Bonchev–Trinajstić information content (AvgIpc) is 2.48. The highest BCUT2D eigenvalue weighted by Gasteiger charge is 2.31. The van der Waals surface area contributed by atoms with E-state index in [0.29, 0.717) is 29.6 Å². The summed E-state index contributed by atoms with van der Waals surface area (Å²) in [6.45, 7) is 7.93. The van der Waals surface area contributed by atoms with Crippen LogP contribution in [-0.4, -0.2) is 47.6 Å². The molecule has 1 aliphatic rings. The molecule has 1 fully saturated rings. The minimum Gasteiger partial charge on any atom is -0.375 e. The van der Waals surface area contributed by atoms with Crippen LogP contribution in [0.2, 0.25) is 5.02 Å². The molecule has 6 heteroatoms. The van der Waals surface area contributed by atoms with Crippen molar-refractivity contribution in [3.05, 3.63) is 22.8 Å². The Balaban J connectivity index is 2.27. The molecule has 0 saturated carbocycles. The van der Waals surface area contributed by atoms with Gasteiger partial charge in [0.25, 0.3) is 5.91 Å². The largest absolute Gasteiger partial charge is 0.375 e. The molecule has 2 rings (SSSR count). The van der Waals surface area contributed by atoms with Crippen molar-refractivity contribution in [1.29, 1.82) is 0 Å². The Bertz CT molecular complexity index is 510. The van der Waals surface area contributed by atoms with Gasteiger partial charge in [-0.05, 0) is 26.3 Å². The summed E-state index contributed by atoms with van der Waals surface area (Å²) in [4.78, 5) is 18.9. The van der Waals surface area contributed by atoms with Gasteiger partial charge >= 0.3 is 0 Å². The van der Waals surface area contributed by atoms with E-state index in [4.69, 9.17) is 16.3 Å². The van der Waals surface area contributed by atoms with E-state index < -0.39 is 0 Å². The minimum absolute atomic E-state index is 0.0469. The lowest BCUT2D eigenvalue weighted by Crippen LogP contribution is -2.51. The number of carbonyl (C=O) groups excluding carboxylic acids is 1. The first-order valence-electron chi connectivity index (χ1n) is 7.38. The smallest absolute Gasteiger partial charge is 0.255 e. The zero-order chi connectivity index (χ0) is 15.4. The van der Waals surface area contributed by atoms with Crippen molar-refractivity contribution in [2.24, 2.45) is 0 Å². The third-order valence-corrected chi connectivity index (χ3v) is 3.94. The summed E-state index contributed by atoms with van der Waals surface area (Å²) >= 11 is 6.17. The van der Waals surface area contributed by atoms with Crippen molar-refractivity contribution in [2.45, 2.75) is 39.3 Å². The molecule has 0 aromatic carbocycles. The standard InChI is InChI=1S/C15H22ClN3O2/c1-4-11-9-21-10(3)8-19(11)15(20)12-6-14(17-5-2)18-7-13(12)16/h6-7,10-11H,4-5,8-9H2,1-3H3,(H,17,18). The lowest BCUT2D eigenvalue weighted by molar-refractivity contribution is -0.0444. The summed E-state index contributed by atoms with van der Waals surface area (Å²) in [5, 5.41) is 3.49. The quantitative estimate of drug-likeness (QED) is 0.929. The molecule has 1 N–H and O–H groups in total. The van der Waals surface area contributed by atoms with Gasteiger partial charge in [-0.2, -0.15) is 0 Å². The van der Waals surface area contributed by atoms with Crippen LogP contribution in [0.3, 0.4) is 0 Å². The van der Waals surface area contributed by atoms with Gasteiger partial charge < -0.3 is 15.0 Å². The average molecular weight is 312 g/mol. The third-order valence-electron chi connectivity index (χ3n) is 3.64. The molecule has 2 heterocycles. The lowest BCUT2D eigenvalue weighted by atomic mass is 10.1. The first kappa shape index (κ1) is 16.0. The van der Waals surface area contributed by atoms with Crippen molar-refractivity contribution in [3.8, 4) is 0 Å². The van der Waals surface area contributed by atoms with Gasteiger partial charge in [0.2, 0.25) is 0 Å². The molecule has 1 aromatic rings. The number of aromatic nitrogens is 1. The van der Waals surface area contributed by atoms with E-state index in [-0.39, 0.29) is 18.1 Å². The molecule has 2 unspecified atom stereocenters. The second-order valence-corrected chi connectivity index (χ2v) is 5.65. The maximum Gasteiger partial charge on any atom is 0.255 e. The number of hydrogen-bond acceptors (Lipinski definition) is 4. The number of amides is 1. The summed E-state index contributed by atoms with van der Waals surface area (Å²) in [5.74, 6) is 0.614. The molecule has 5 nitrogen and oxygen atoms in total. The summed E-state index contributed by atoms with van der Waals surface area (Å²) in [5.41, 5.74) is 0.496. The number of nitrogens with zero attached hydrogens (tertiary/aromatic N) is 2. The van der Waals surface area contributed by atoms with Gasteiger partial charge in [0, 0.05) is 19.3 Å². The summed E-state index contributed by atoms with van der Waals surface area (Å²) in [6.07, 6.45) is 2.43. The molecule has 2 atom stereocenters. The van der Waals surface area contributed by atoms with Gasteiger partial charge in [0.15, 0.2) is 0 Å². The molecular weight excluding hydrogens is 290 g/mol. The van der Waals surface area contributed by atoms with E-state index >= 15 is 0 Å². The molecule has 1 amide bonds. The summed E-state index contributed by atoms with van der Waals surface area (Å²) in [7, 11) is 0. The van der Waals surface area contributed by atoms with Crippen LogP contribution in [0.5, 0.6) is 0 Å². The first-order chi connectivity index (χ1) is 10.1. The van der Waals surface area contributed by atoms with Crippen LogP contribution in [0.25, 0.3) is 0 Å². The number of hydrogen-bond donors (Lipinski definition) is 1. The monoisotopic (exact) mass is 311 g/mol. The number of ether oxygens (including phenoxy) is 1. The molecule has 0 radical (unpaired) electrons. The van der Waals surface area contributed by atoms with Crippen LogP contribution in [0.15, 0.2) is 12.3 Å². The molecule has 1 aromatic heterocycles. The lowest BCUT2D eigenvalue weighted by Gasteiger charge is -2.38. The maximum atomic E-state index is 12.8. The van der Waals surface area contributed by atoms with Crippen molar-refractivity contribution >= 4 is 23.3 Å². The third kappa shape index (κ3) is 3.66. The highest BCUT2D eigenvalue weighted by atomic mass is 35.5. The number of nitrogens with one attached hydrogen (secondary N) is 1. The van der Waals surface area contributed by atoms with Crippen molar-refractivity contribution < 1.29 is 9.53 Å². The van der Waals surface area contributed by atoms with E-state index in [1.807, 2.05) is 18.7 Å². The fourth-order valence-corrected chi connectivity index (χ4v) is 2.65. The van der Waals surface area contributed by atoms with E-state index in [9.17, 15) is 4.79 Å². The Morgan fingerprint density at radius 1 is 1.57 bits per heavy atom. The summed E-state index contributed by atoms with van der Waals surface area (Å²) in [6, 6.07) is 1.82. The fraction of sp³-hybridized carbons (Fsp3) is 0.600. The number of carbonyl (C=O) groups is 1. The molecular formula is C15H22ClN3O2. The second-order valence-electron chi connectivity index (χ2n) is 5.24. The fourth-order valence-electron chi connectivity index (χ4n) is 2.47. The maximum absolute atomic E-state index is 12.8. The molecule has 1 saturated heterocycles. The van der Waals surface area contributed by atoms with Crippen molar-refractivity contribution in [3.63, 3.8) is 0 Å². The molecule has 0 spiro atoms. The molecule has 0 aliphatic carbocycles. The Morgan fingerprint density at radius 3 is 3.00 bits per heavy atom. The molecule has 21 heavy (non-hydrogen) atoms.